The van der Waals surface area contributed by atoms with E-state index < -0.39 is 6.29 Å². The van der Waals surface area contributed by atoms with E-state index >= 15 is 0 Å². The van der Waals surface area contributed by atoms with Crippen molar-refractivity contribution in [3.05, 3.63) is 12.7 Å². The third-order valence-electron chi connectivity index (χ3n) is 5.64. The molecule has 0 bridgehead atoms. The highest BCUT2D eigenvalue weighted by Gasteiger charge is 2.42. The Bertz CT molecular complexity index is 409. The largest absolute Gasteiger partial charge is 0.457 e. The predicted octanol–water partition coefficient (Wildman–Crippen LogP) is 5.65. The molecular formula is C22H40O4. The number of hydrogen-bond donors (Lipinski definition) is 0. The standard InChI is InChI=1S/C22H40O4/c1-7-8-9-10-11-12-13-14-15-16(2)24-22-21(26-20(6)23)18(4)17(3)19(5)25-22/h7,16-19,21-22H,1,8-15H2,2-6H3/t16?,17-,18+,19?,21?,22-/m1/s1. The molecule has 1 saturated heterocycles. The molecule has 0 aromatic heterocycles. The maximum Gasteiger partial charge on any atom is 0.303 e. The molecule has 4 heteroatoms. The number of esters is 1. The van der Waals surface area contributed by atoms with E-state index in [0.29, 0.717) is 5.92 Å². The van der Waals surface area contributed by atoms with Gasteiger partial charge in [0.15, 0.2) is 12.4 Å². The van der Waals surface area contributed by atoms with Gasteiger partial charge in [-0.2, -0.15) is 0 Å². The highest BCUT2D eigenvalue weighted by Crippen LogP contribution is 2.34. The molecule has 0 aromatic rings. The summed E-state index contributed by atoms with van der Waals surface area (Å²) in [6.45, 7) is 13.6. The van der Waals surface area contributed by atoms with Crippen LogP contribution < -0.4 is 0 Å². The summed E-state index contributed by atoms with van der Waals surface area (Å²) in [6, 6.07) is 0. The average molecular weight is 369 g/mol. The maximum atomic E-state index is 11.5. The minimum Gasteiger partial charge on any atom is -0.457 e. The van der Waals surface area contributed by atoms with Gasteiger partial charge in [-0.15, -0.1) is 6.58 Å². The summed E-state index contributed by atoms with van der Waals surface area (Å²) in [7, 11) is 0. The van der Waals surface area contributed by atoms with E-state index in [0.717, 1.165) is 19.3 Å². The Hall–Kier alpha value is -0.870. The van der Waals surface area contributed by atoms with Crippen LogP contribution in [0.25, 0.3) is 0 Å². The van der Waals surface area contributed by atoms with Crippen LogP contribution in [0.1, 0.15) is 86.0 Å². The van der Waals surface area contributed by atoms with Gasteiger partial charge >= 0.3 is 5.97 Å². The Morgan fingerprint density at radius 3 is 2.31 bits per heavy atom. The first-order chi connectivity index (χ1) is 12.4. The van der Waals surface area contributed by atoms with Crippen LogP contribution in [0.15, 0.2) is 12.7 Å². The number of unbranched alkanes of at least 4 members (excludes halogenated alkanes) is 6. The fourth-order valence-corrected chi connectivity index (χ4v) is 3.58. The summed E-state index contributed by atoms with van der Waals surface area (Å²) in [5.74, 6) is 0.274. The monoisotopic (exact) mass is 368 g/mol. The van der Waals surface area contributed by atoms with Crippen LogP contribution in [0.5, 0.6) is 0 Å². The van der Waals surface area contributed by atoms with Gasteiger partial charge in [-0.05, 0) is 39.0 Å². The van der Waals surface area contributed by atoms with Crippen LogP contribution >= 0.6 is 0 Å². The van der Waals surface area contributed by atoms with Crippen molar-refractivity contribution in [2.45, 2.75) is 111 Å². The zero-order valence-electron chi connectivity index (χ0n) is 17.5. The number of hydrogen-bond acceptors (Lipinski definition) is 4. The van der Waals surface area contributed by atoms with E-state index in [1.165, 1.54) is 39.0 Å². The van der Waals surface area contributed by atoms with E-state index in [4.69, 9.17) is 14.2 Å². The third kappa shape index (κ3) is 8.22. The van der Waals surface area contributed by atoms with Gasteiger partial charge in [-0.1, -0.05) is 52.0 Å². The quantitative estimate of drug-likeness (QED) is 0.254. The molecule has 1 heterocycles. The molecule has 1 aliphatic rings. The number of ether oxygens (including phenoxy) is 3. The molecule has 3 unspecified atom stereocenters. The fourth-order valence-electron chi connectivity index (χ4n) is 3.58. The minimum atomic E-state index is -0.464. The van der Waals surface area contributed by atoms with E-state index in [-0.39, 0.29) is 30.2 Å². The lowest BCUT2D eigenvalue weighted by molar-refractivity contribution is -0.283. The Kier molecular flexibility index (Phi) is 11.1. The van der Waals surface area contributed by atoms with Crippen molar-refractivity contribution in [1.29, 1.82) is 0 Å². The minimum absolute atomic E-state index is 0.101. The van der Waals surface area contributed by atoms with Gasteiger partial charge in [-0.3, -0.25) is 4.79 Å². The number of rotatable bonds is 12. The highest BCUT2D eigenvalue weighted by molar-refractivity contribution is 5.66. The molecule has 0 N–H and O–H groups in total. The molecule has 0 saturated carbocycles. The van der Waals surface area contributed by atoms with Crippen molar-refractivity contribution in [2.24, 2.45) is 11.8 Å². The highest BCUT2D eigenvalue weighted by atomic mass is 16.7. The molecule has 1 fully saturated rings. The Balaban J connectivity index is 2.34. The molecule has 0 aliphatic carbocycles. The molecule has 6 atom stereocenters. The molecule has 0 amide bonds. The summed E-state index contributed by atoms with van der Waals surface area (Å²) in [6.07, 6.45) is 11.1. The SMILES string of the molecule is C=CCCCCCCCCC(C)O[C@@H]1OC(C)[C@H](C)[C@H](C)C1OC(C)=O. The first kappa shape index (κ1) is 23.2. The Morgan fingerprint density at radius 2 is 1.69 bits per heavy atom. The summed E-state index contributed by atoms with van der Waals surface area (Å²) >= 11 is 0. The molecular weight excluding hydrogens is 328 g/mol. The summed E-state index contributed by atoms with van der Waals surface area (Å²) in [4.78, 5) is 11.5. The second-order valence-corrected chi connectivity index (χ2v) is 7.94. The molecule has 1 rings (SSSR count). The van der Waals surface area contributed by atoms with Gasteiger partial charge in [0, 0.05) is 12.8 Å². The van der Waals surface area contributed by atoms with Crippen molar-refractivity contribution >= 4 is 5.97 Å². The van der Waals surface area contributed by atoms with Gasteiger partial charge in [0.05, 0.1) is 12.2 Å². The van der Waals surface area contributed by atoms with E-state index in [1.807, 2.05) is 6.08 Å². The van der Waals surface area contributed by atoms with Gasteiger partial charge in [0.2, 0.25) is 0 Å². The van der Waals surface area contributed by atoms with E-state index in [2.05, 4.69) is 34.3 Å². The lowest BCUT2D eigenvalue weighted by Crippen LogP contribution is -2.52. The van der Waals surface area contributed by atoms with Crippen LogP contribution in [0.2, 0.25) is 0 Å². The van der Waals surface area contributed by atoms with Gasteiger partial charge < -0.3 is 14.2 Å². The van der Waals surface area contributed by atoms with Crippen LogP contribution in [0.4, 0.5) is 0 Å². The third-order valence-corrected chi connectivity index (χ3v) is 5.64. The van der Waals surface area contributed by atoms with Crippen molar-refractivity contribution in [3.8, 4) is 0 Å². The molecule has 4 nitrogen and oxygen atoms in total. The second kappa shape index (κ2) is 12.5. The van der Waals surface area contributed by atoms with Gasteiger partial charge in [-0.25, -0.2) is 0 Å². The van der Waals surface area contributed by atoms with Crippen molar-refractivity contribution in [2.75, 3.05) is 0 Å². The van der Waals surface area contributed by atoms with E-state index in [1.54, 1.807) is 0 Å². The first-order valence-electron chi connectivity index (χ1n) is 10.5. The van der Waals surface area contributed by atoms with Crippen LogP contribution in [-0.2, 0) is 19.0 Å². The van der Waals surface area contributed by atoms with Crippen LogP contribution in [0.3, 0.4) is 0 Å². The van der Waals surface area contributed by atoms with Crippen molar-refractivity contribution < 1.29 is 19.0 Å². The zero-order chi connectivity index (χ0) is 19.5. The molecule has 26 heavy (non-hydrogen) atoms. The molecule has 1 aliphatic heterocycles. The number of carbonyl (C=O) groups is 1. The number of allylic oxidation sites excluding steroid dienone is 1. The first-order valence-corrected chi connectivity index (χ1v) is 10.5. The topological polar surface area (TPSA) is 44.8 Å². The summed E-state index contributed by atoms with van der Waals surface area (Å²) in [5, 5.41) is 0. The summed E-state index contributed by atoms with van der Waals surface area (Å²) in [5.41, 5.74) is 0. The normalized spacial score (nSPS) is 30.0. The van der Waals surface area contributed by atoms with E-state index in [9.17, 15) is 4.79 Å². The fraction of sp³-hybridized carbons (Fsp3) is 0.864. The molecule has 0 spiro atoms. The van der Waals surface area contributed by atoms with Crippen molar-refractivity contribution in [3.63, 3.8) is 0 Å². The molecule has 0 aromatic carbocycles. The van der Waals surface area contributed by atoms with Crippen LogP contribution in [-0.4, -0.2) is 30.6 Å². The molecule has 0 radical (unpaired) electrons. The van der Waals surface area contributed by atoms with Crippen LogP contribution in [0, 0.1) is 11.8 Å². The maximum absolute atomic E-state index is 11.5. The Morgan fingerprint density at radius 1 is 1.08 bits per heavy atom. The summed E-state index contributed by atoms with van der Waals surface area (Å²) < 4.78 is 17.7. The van der Waals surface area contributed by atoms with Gasteiger partial charge in [0.1, 0.15) is 0 Å². The smallest absolute Gasteiger partial charge is 0.303 e. The second-order valence-electron chi connectivity index (χ2n) is 7.94. The van der Waals surface area contributed by atoms with Gasteiger partial charge in [0.25, 0.3) is 0 Å². The lowest BCUT2D eigenvalue weighted by atomic mass is 9.84. The molecule has 152 valence electrons. The average Bonchev–Trinajstić information content (AvgIpc) is 2.58. The lowest BCUT2D eigenvalue weighted by Gasteiger charge is -2.43. The predicted molar refractivity (Wildman–Crippen MR) is 106 cm³/mol. The zero-order valence-corrected chi connectivity index (χ0v) is 17.5. The van der Waals surface area contributed by atoms with Crippen molar-refractivity contribution in [1.82, 2.24) is 0 Å². The number of carbonyl (C=O) groups excluding carboxylic acids is 1. The Labute approximate surface area is 160 Å².